The lowest BCUT2D eigenvalue weighted by Gasteiger charge is -2.18. The largest absolute Gasteiger partial charge is 0.382 e. The molecule has 0 bridgehead atoms. The first kappa shape index (κ1) is 12.7. The Morgan fingerprint density at radius 1 is 1.28 bits per heavy atom. The Kier molecular flexibility index (Phi) is 3.45. The van der Waals surface area contributed by atoms with Gasteiger partial charge in [-0.25, -0.2) is 4.79 Å². The van der Waals surface area contributed by atoms with Crippen LogP contribution in [0.15, 0.2) is 24.3 Å². The summed E-state index contributed by atoms with van der Waals surface area (Å²) in [6.07, 6.45) is 3.69. The molecular weight excluding hydrogens is 226 g/mol. The van der Waals surface area contributed by atoms with E-state index in [1.807, 2.05) is 24.3 Å². The minimum Gasteiger partial charge on any atom is -0.382 e. The van der Waals surface area contributed by atoms with Gasteiger partial charge in [0.05, 0.1) is 0 Å². The van der Waals surface area contributed by atoms with Crippen LogP contribution in [-0.2, 0) is 0 Å². The Hall–Kier alpha value is -1.71. The third kappa shape index (κ3) is 3.39. The van der Waals surface area contributed by atoms with Gasteiger partial charge in [-0.05, 0) is 48.9 Å². The van der Waals surface area contributed by atoms with E-state index in [-0.39, 0.29) is 0 Å². The number of anilines is 2. The van der Waals surface area contributed by atoms with Crippen LogP contribution in [0.1, 0.15) is 33.1 Å². The van der Waals surface area contributed by atoms with E-state index in [1.165, 1.54) is 19.3 Å². The Morgan fingerprint density at radius 3 is 2.39 bits per heavy atom. The van der Waals surface area contributed by atoms with Crippen LogP contribution in [0.4, 0.5) is 16.2 Å². The number of primary amides is 1. The molecule has 0 spiro atoms. The molecule has 4 nitrogen and oxygen atoms in total. The first-order chi connectivity index (χ1) is 8.44. The van der Waals surface area contributed by atoms with Gasteiger partial charge in [0.15, 0.2) is 0 Å². The molecule has 4 heteroatoms. The first-order valence-corrected chi connectivity index (χ1v) is 6.38. The van der Waals surface area contributed by atoms with Crippen LogP contribution >= 0.6 is 0 Å². The number of nitrogens with one attached hydrogen (secondary N) is 2. The molecule has 1 aromatic carbocycles. The topological polar surface area (TPSA) is 67.2 Å². The third-order valence-corrected chi connectivity index (χ3v) is 3.49. The molecule has 1 aliphatic rings. The summed E-state index contributed by atoms with van der Waals surface area (Å²) < 4.78 is 0. The molecule has 1 aromatic rings. The van der Waals surface area contributed by atoms with E-state index in [9.17, 15) is 4.79 Å². The van der Waals surface area contributed by atoms with Crippen LogP contribution in [-0.4, -0.2) is 12.1 Å². The Bertz CT molecular complexity index is 425. The van der Waals surface area contributed by atoms with E-state index in [0.29, 0.717) is 11.5 Å². The van der Waals surface area contributed by atoms with Crippen LogP contribution in [0.5, 0.6) is 0 Å². The van der Waals surface area contributed by atoms with Gasteiger partial charge in [-0.15, -0.1) is 0 Å². The van der Waals surface area contributed by atoms with Gasteiger partial charge in [0.25, 0.3) is 0 Å². The number of hydrogen-bond acceptors (Lipinski definition) is 2. The average molecular weight is 247 g/mol. The normalized spacial score (nSPS) is 21.6. The molecule has 1 saturated carbocycles. The van der Waals surface area contributed by atoms with Gasteiger partial charge in [-0.3, -0.25) is 0 Å². The Balaban J connectivity index is 1.92. The highest BCUT2D eigenvalue weighted by atomic mass is 16.2. The Labute approximate surface area is 108 Å². The van der Waals surface area contributed by atoms with Crippen molar-refractivity contribution in [1.82, 2.24) is 0 Å². The van der Waals surface area contributed by atoms with Crippen molar-refractivity contribution < 1.29 is 4.79 Å². The molecule has 0 saturated heterocycles. The monoisotopic (exact) mass is 247 g/mol. The fraction of sp³-hybridized carbons (Fsp3) is 0.500. The average Bonchev–Trinajstić information content (AvgIpc) is 2.60. The molecule has 0 radical (unpaired) electrons. The summed E-state index contributed by atoms with van der Waals surface area (Å²) in [5.41, 5.74) is 7.32. The molecule has 1 aliphatic carbocycles. The molecule has 0 aromatic heterocycles. The van der Waals surface area contributed by atoms with Crippen molar-refractivity contribution >= 4 is 17.4 Å². The highest BCUT2D eigenvalue weighted by Gasteiger charge is 2.30. The lowest BCUT2D eigenvalue weighted by Crippen LogP contribution is -2.19. The summed E-state index contributed by atoms with van der Waals surface area (Å²) >= 11 is 0. The summed E-state index contributed by atoms with van der Waals surface area (Å²) in [5, 5.41) is 6.08. The molecule has 18 heavy (non-hydrogen) atoms. The van der Waals surface area contributed by atoms with Crippen LogP contribution < -0.4 is 16.4 Å². The van der Waals surface area contributed by atoms with Gasteiger partial charge in [0.2, 0.25) is 0 Å². The molecule has 98 valence electrons. The molecule has 1 fully saturated rings. The van der Waals surface area contributed by atoms with Crippen molar-refractivity contribution in [1.29, 1.82) is 0 Å². The molecule has 1 atom stereocenters. The van der Waals surface area contributed by atoms with Gasteiger partial charge >= 0.3 is 6.03 Å². The van der Waals surface area contributed by atoms with E-state index in [2.05, 4.69) is 24.5 Å². The zero-order valence-corrected chi connectivity index (χ0v) is 11.0. The van der Waals surface area contributed by atoms with Crippen LogP contribution in [0.25, 0.3) is 0 Å². The lowest BCUT2D eigenvalue weighted by atomic mass is 9.92. The number of benzene rings is 1. The van der Waals surface area contributed by atoms with Crippen LogP contribution in [0, 0.1) is 5.41 Å². The van der Waals surface area contributed by atoms with Crippen molar-refractivity contribution in [2.75, 3.05) is 10.6 Å². The van der Waals surface area contributed by atoms with E-state index in [4.69, 9.17) is 5.73 Å². The molecule has 0 aliphatic heterocycles. The SMILES string of the molecule is CC1(C)CCC(Nc2ccc(NC(N)=O)cc2)C1. The summed E-state index contributed by atoms with van der Waals surface area (Å²) in [6.45, 7) is 4.63. The van der Waals surface area contributed by atoms with E-state index >= 15 is 0 Å². The predicted octanol–water partition coefficient (Wildman–Crippen LogP) is 3.17. The van der Waals surface area contributed by atoms with E-state index in [1.54, 1.807) is 0 Å². The fourth-order valence-corrected chi connectivity index (χ4v) is 2.59. The van der Waals surface area contributed by atoms with Crippen LogP contribution in [0.2, 0.25) is 0 Å². The zero-order chi connectivity index (χ0) is 13.2. The van der Waals surface area contributed by atoms with Gasteiger partial charge in [-0.1, -0.05) is 13.8 Å². The maximum Gasteiger partial charge on any atom is 0.316 e. The number of carbonyl (C=O) groups excluding carboxylic acids is 1. The second kappa shape index (κ2) is 4.88. The van der Waals surface area contributed by atoms with Gasteiger partial charge in [0.1, 0.15) is 0 Å². The molecule has 1 unspecified atom stereocenters. The van der Waals surface area contributed by atoms with E-state index < -0.39 is 6.03 Å². The number of nitrogens with two attached hydrogens (primary N) is 1. The maximum absolute atomic E-state index is 10.7. The minimum absolute atomic E-state index is 0.450. The summed E-state index contributed by atoms with van der Waals surface area (Å²) in [6, 6.07) is 7.66. The maximum atomic E-state index is 10.7. The second-order valence-corrected chi connectivity index (χ2v) is 5.81. The highest BCUT2D eigenvalue weighted by Crippen LogP contribution is 2.38. The van der Waals surface area contributed by atoms with Crippen LogP contribution in [0.3, 0.4) is 0 Å². The van der Waals surface area contributed by atoms with Crippen molar-refractivity contribution in [3.63, 3.8) is 0 Å². The second-order valence-electron chi connectivity index (χ2n) is 5.81. The minimum atomic E-state index is -0.534. The molecular formula is C14H21N3O. The van der Waals surface area contributed by atoms with Gasteiger partial charge < -0.3 is 16.4 Å². The predicted molar refractivity (Wildman–Crippen MR) is 74.7 cm³/mol. The Morgan fingerprint density at radius 2 is 1.89 bits per heavy atom. The number of carbonyl (C=O) groups is 1. The number of hydrogen-bond donors (Lipinski definition) is 3. The summed E-state index contributed by atoms with van der Waals surface area (Å²) in [7, 11) is 0. The molecule has 2 amide bonds. The van der Waals surface area contributed by atoms with Gasteiger partial charge in [0, 0.05) is 17.4 Å². The molecule has 0 heterocycles. The smallest absolute Gasteiger partial charge is 0.316 e. The van der Waals surface area contributed by atoms with E-state index in [0.717, 1.165) is 11.4 Å². The first-order valence-electron chi connectivity index (χ1n) is 6.38. The number of amides is 2. The number of urea groups is 1. The van der Waals surface area contributed by atoms with Crippen molar-refractivity contribution in [3.8, 4) is 0 Å². The van der Waals surface area contributed by atoms with Crippen molar-refractivity contribution in [2.45, 2.75) is 39.2 Å². The lowest BCUT2D eigenvalue weighted by molar-refractivity contribution is 0.259. The number of rotatable bonds is 3. The van der Waals surface area contributed by atoms with Crippen molar-refractivity contribution in [3.05, 3.63) is 24.3 Å². The quantitative estimate of drug-likeness (QED) is 0.768. The summed E-state index contributed by atoms with van der Waals surface area (Å²) in [5.74, 6) is 0. The third-order valence-electron chi connectivity index (χ3n) is 3.49. The highest BCUT2D eigenvalue weighted by molar-refractivity contribution is 5.87. The zero-order valence-electron chi connectivity index (χ0n) is 11.0. The summed E-state index contributed by atoms with van der Waals surface area (Å²) in [4.78, 5) is 10.7. The fourth-order valence-electron chi connectivity index (χ4n) is 2.59. The molecule has 4 N–H and O–H groups in total. The molecule has 2 rings (SSSR count). The standard InChI is InChI=1S/C14H21N3O/c1-14(2)8-7-12(9-14)16-10-3-5-11(6-4-10)17-13(15)18/h3-6,12,16H,7-9H2,1-2H3,(H3,15,17,18). The van der Waals surface area contributed by atoms with Gasteiger partial charge in [-0.2, -0.15) is 0 Å². The van der Waals surface area contributed by atoms with Crippen molar-refractivity contribution in [2.24, 2.45) is 11.1 Å².